The lowest BCUT2D eigenvalue weighted by molar-refractivity contribution is 0.279. The normalized spacial score (nSPS) is 25.9. The fourth-order valence-electron chi connectivity index (χ4n) is 2.58. The van der Waals surface area contributed by atoms with Crippen LogP contribution >= 0.6 is 0 Å². The third kappa shape index (κ3) is 2.46. The molecule has 1 N–H and O–H groups in total. The first-order valence-electron chi connectivity index (χ1n) is 6.39. The first-order valence-corrected chi connectivity index (χ1v) is 6.39. The molecule has 2 unspecified atom stereocenters. The minimum absolute atomic E-state index is 0.702. The summed E-state index contributed by atoms with van der Waals surface area (Å²) in [6.07, 6.45) is 7.49. The molecule has 16 heavy (non-hydrogen) atoms. The lowest BCUT2D eigenvalue weighted by Gasteiger charge is -2.29. The summed E-state index contributed by atoms with van der Waals surface area (Å²) in [4.78, 5) is 0. The predicted molar refractivity (Wildman–Crippen MR) is 66.2 cm³/mol. The zero-order valence-corrected chi connectivity index (χ0v) is 10.7. The third-order valence-electron chi connectivity index (χ3n) is 4.00. The van der Waals surface area contributed by atoms with Crippen LogP contribution in [0.25, 0.3) is 0 Å². The summed E-state index contributed by atoms with van der Waals surface area (Å²) in [5.41, 5.74) is 2.61. The molecular weight excluding hydrogens is 198 g/mol. The fraction of sp³-hybridized carbons (Fsp3) is 0.769. The van der Waals surface area contributed by atoms with Crippen LogP contribution in [0.5, 0.6) is 0 Å². The Kier molecular flexibility index (Phi) is 3.64. The molecule has 0 spiro atoms. The maximum atomic E-state index is 4.28. The van der Waals surface area contributed by atoms with Crippen molar-refractivity contribution < 1.29 is 0 Å². The summed E-state index contributed by atoms with van der Waals surface area (Å²) < 4.78 is 1.95. The fourth-order valence-corrected chi connectivity index (χ4v) is 2.58. The lowest BCUT2D eigenvalue weighted by atomic mass is 9.86. The van der Waals surface area contributed by atoms with Crippen molar-refractivity contribution in [1.82, 2.24) is 15.1 Å². The van der Waals surface area contributed by atoms with Crippen LogP contribution in [0.3, 0.4) is 0 Å². The summed E-state index contributed by atoms with van der Waals surface area (Å²) in [5, 5.41) is 7.96. The Bertz CT molecular complexity index is 343. The highest BCUT2D eigenvalue weighted by atomic mass is 15.3. The second-order valence-electron chi connectivity index (χ2n) is 5.13. The molecule has 3 heteroatoms. The van der Waals surface area contributed by atoms with Gasteiger partial charge in [-0.25, -0.2) is 0 Å². The van der Waals surface area contributed by atoms with Gasteiger partial charge in [0.15, 0.2) is 0 Å². The summed E-state index contributed by atoms with van der Waals surface area (Å²) in [6.45, 7) is 5.47. The van der Waals surface area contributed by atoms with Crippen molar-refractivity contribution in [2.75, 3.05) is 0 Å². The van der Waals surface area contributed by atoms with Crippen molar-refractivity contribution in [3.63, 3.8) is 0 Å². The van der Waals surface area contributed by atoms with Crippen molar-refractivity contribution in [1.29, 1.82) is 0 Å². The van der Waals surface area contributed by atoms with Crippen LogP contribution in [0.2, 0.25) is 0 Å². The van der Waals surface area contributed by atoms with Gasteiger partial charge in [0.05, 0.1) is 6.20 Å². The Morgan fingerprint density at radius 1 is 1.44 bits per heavy atom. The SMILES string of the molecule is Cc1c(CNC2CCCCC2C)cnn1C. The summed E-state index contributed by atoms with van der Waals surface area (Å²) in [5.74, 6) is 0.825. The molecule has 1 aliphatic rings. The molecule has 0 amide bonds. The average Bonchev–Trinajstić information content (AvgIpc) is 2.59. The molecule has 2 rings (SSSR count). The molecule has 90 valence electrons. The van der Waals surface area contributed by atoms with Crippen LogP contribution in [-0.2, 0) is 13.6 Å². The summed E-state index contributed by atoms with van der Waals surface area (Å²) >= 11 is 0. The first kappa shape index (κ1) is 11.6. The van der Waals surface area contributed by atoms with Crippen LogP contribution in [0, 0.1) is 12.8 Å². The third-order valence-corrected chi connectivity index (χ3v) is 4.00. The number of aryl methyl sites for hydroxylation is 1. The van der Waals surface area contributed by atoms with Crippen LogP contribution in [0.15, 0.2) is 6.20 Å². The number of nitrogens with zero attached hydrogens (tertiary/aromatic N) is 2. The van der Waals surface area contributed by atoms with Gasteiger partial charge in [-0.3, -0.25) is 4.68 Å². The van der Waals surface area contributed by atoms with E-state index < -0.39 is 0 Å². The van der Waals surface area contributed by atoms with E-state index in [0.717, 1.165) is 12.5 Å². The predicted octanol–water partition coefficient (Wildman–Crippen LogP) is 2.40. The maximum Gasteiger partial charge on any atom is 0.0537 e. The topological polar surface area (TPSA) is 29.9 Å². The van der Waals surface area contributed by atoms with Crippen molar-refractivity contribution in [3.05, 3.63) is 17.5 Å². The maximum absolute atomic E-state index is 4.28. The number of hydrogen-bond donors (Lipinski definition) is 1. The van der Waals surface area contributed by atoms with Crippen LogP contribution in [0.4, 0.5) is 0 Å². The largest absolute Gasteiger partial charge is 0.310 e. The molecule has 1 aromatic heterocycles. The zero-order valence-electron chi connectivity index (χ0n) is 10.7. The van der Waals surface area contributed by atoms with Gasteiger partial charge >= 0.3 is 0 Å². The quantitative estimate of drug-likeness (QED) is 0.849. The molecule has 1 fully saturated rings. The zero-order chi connectivity index (χ0) is 11.5. The second-order valence-corrected chi connectivity index (χ2v) is 5.13. The number of nitrogens with one attached hydrogen (secondary N) is 1. The van der Waals surface area contributed by atoms with Gasteiger partial charge in [0.2, 0.25) is 0 Å². The van der Waals surface area contributed by atoms with Gasteiger partial charge in [-0.1, -0.05) is 19.8 Å². The molecule has 0 saturated heterocycles. The van der Waals surface area contributed by atoms with Crippen LogP contribution < -0.4 is 5.32 Å². The smallest absolute Gasteiger partial charge is 0.0537 e. The second kappa shape index (κ2) is 5.00. The van der Waals surface area contributed by atoms with E-state index in [2.05, 4.69) is 24.3 Å². The Morgan fingerprint density at radius 3 is 2.81 bits per heavy atom. The van der Waals surface area contributed by atoms with Gasteiger partial charge in [0.25, 0.3) is 0 Å². The number of rotatable bonds is 3. The Balaban J connectivity index is 1.89. The van der Waals surface area contributed by atoms with Gasteiger partial charge in [-0.05, 0) is 25.7 Å². The summed E-state index contributed by atoms with van der Waals surface area (Å²) in [7, 11) is 2.00. The Hall–Kier alpha value is -0.830. The van der Waals surface area contributed by atoms with Gasteiger partial charge in [-0.15, -0.1) is 0 Å². The molecular formula is C13H23N3. The minimum Gasteiger partial charge on any atom is -0.310 e. The highest BCUT2D eigenvalue weighted by molar-refractivity contribution is 5.15. The van der Waals surface area contributed by atoms with Gasteiger partial charge in [-0.2, -0.15) is 5.10 Å². The van der Waals surface area contributed by atoms with Crippen LogP contribution in [-0.4, -0.2) is 15.8 Å². The van der Waals surface area contributed by atoms with E-state index >= 15 is 0 Å². The van der Waals surface area contributed by atoms with E-state index in [1.807, 2.05) is 17.9 Å². The van der Waals surface area contributed by atoms with Crippen LogP contribution in [0.1, 0.15) is 43.9 Å². The van der Waals surface area contributed by atoms with E-state index in [4.69, 9.17) is 0 Å². The van der Waals surface area contributed by atoms with E-state index in [1.54, 1.807) is 0 Å². The van der Waals surface area contributed by atoms with Crippen molar-refractivity contribution in [2.24, 2.45) is 13.0 Å². The summed E-state index contributed by atoms with van der Waals surface area (Å²) in [6, 6.07) is 0.702. The van der Waals surface area contributed by atoms with Gasteiger partial charge in [0, 0.05) is 30.9 Å². The van der Waals surface area contributed by atoms with E-state index in [-0.39, 0.29) is 0 Å². The first-order chi connectivity index (χ1) is 7.68. The molecule has 1 heterocycles. The number of aromatic nitrogens is 2. The average molecular weight is 221 g/mol. The molecule has 0 radical (unpaired) electrons. The molecule has 0 aromatic carbocycles. The number of hydrogen-bond acceptors (Lipinski definition) is 2. The monoisotopic (exact) mass is 221 g/mol. The van der Waals surface area contributed by atoms with Gasteiger partial charge in [0.1, 0.15) is 0 Å². The molecule has 2 atom stereocenters. The Labute approximate surface area is 98.2 Å². The van der Waals surface area contributed by atoms with E-state index in [9.17, 15) is 0 Å². The molecule has 1 saturated carbocycles. The molecule has 3 nitrogen and oxygen atoms in total. The lowest BCUT2D eigenvalue weighted by Crippen LogP contribution is -2.36. The van der Waals surface area contributed by atoms with Crippen molar-refractivity contribution in [2.45, 2.75) is 52.1 Å². The van der Waals surface area contributed by atoms with E-state index in [0.29, 0.717) is 6.04 Å². The highest BCUT2D eigenvalue weighted by Gasteiger charge is 2.20. The molecule has 0 bridgehead atoms. The molecule has 0 aliphatic heterocycles. The Morgan fingerprint density at radius 2 is 2.19 bits per heavy atom. The van der Waals surface area contributed by atoms with E-state index in [1.165, 1.54) is 36.9 Å². The van der Waals surface area contributed by atoms with Crippen molar-refractivity contribution >= 4 is 0 Å². The van der Waals surface area contributed by atoms with Crippen molar-refractivity contribution in [3.8, 4) is 0 Å². The molecule has 1 aliphatic carbocycles. The minimum atomic E-state index is 0.702. The highest BCUT2D eigenvalue weighted by Crippen LogP contribution is 2.24. The molecule has 1 aromatic rings. The standard InChI is InChI=1S/C13H23N3/c1-10-6-4-5-7-13(10)14-8-12-9-15-16(3)11(12)2/h9-10,13-14H,4-8H2,1-3H3. The van der Waals surface area contributed by atoms with Gasteiger partial charge < -0.3 is 5.32 Å².